The topological polar surface area (TPSA) is 40.5 Å². The van der Waals surface area contributed by atoms with Crippen LogP contribution in [-0.2, 0) is 0 Å². The molecule has 228 valence electrons. The Morgan fingerprint density at radius 3 is 0.842 bits per heavy atom. The van der Waals surface area contributed by atoms with Gasteiger partial charge in [-0.2, -0.15) is 0 Å². The second-order valence-corrected chi connectivity index (χ2v) is 13.2. The number of hydrogen-bond donors (Lipinski definition) is 2. The standard InChI is InChI=1S/C36H72O2/c1-3-5-7-9-13-19-25-33-31-36(28-22-16-12-18-24-30-38)34(26-20-14-10-8-6-4-2)32-35(33)27-21-15-11-17-23-29-37/h33-38H,3-32H2,1-2H3. The molecular weight excluding hydrogens is 464 g/mol. The van der Waals surface area contributed by atoms with Crippen LogP contribution in [0.5, 0.6) is 0 Å². The highest BCUT2D eigenvalue weighted by atomic mass is 16.3. The molecule has 0 radical (unpaired) electrons. The van der Waals surface area contributed by atoms with E-state index < -0.39 is 0 Å². The lowest BCUT2D eigenvalue weighted by Crippen LogP contribution is -2.32. The second-order valence-electron chi connectivity index (χ2n) is 13.2. The van der Waals surface area contributed by atoms with Crippen molar-refractivity contribution in [3.05, 3.63) is 0 Å². The summed E-state index contributed by atoms with van der Waals surface area (Å²) in [4.78, 5) is 0. The smallest absolute Gasteiger partial charge is 0.0431 e. The number of hydrogen-bond acceptors (Lipinski definition) is 2. The van der Waals surface area contributed by atoms with Gasteiger partial charge in [0.2, 0.25) is 0 Å². The van der Waals surface area contributed by atoms with Gasteiger partial charge in [0.1, 0.15) is 0 Å². The predicted octanol–water partition coefficient (Wildman–Crippen LogP) is 11.4. The van der Waals surface area contributed by atoms with Crippen LogP contribution in [-0.4, -0.2) is 23.4 Å². The van der Waals surface area contributed by atoms with Crippen LogP contribution >= 0.6 is 0 Å². The van der Waals surface area contributed by atoms with Gasteiger partial charge in [-0.3, -0.25) is 0 Å². The summed E-state index contributed by atoms with van der Waals surface area (Å²) in [7, 11) is 0. The molecule has 0 bridgehead atoms. The van der Waals surface area contributed by atoms with Gasteiger partial charge >= 0.3 is 0 Å². The normalized spacial score (nSPS) is 21.8. The summed E-state index contributed by atoms with van der Waals surface area (Å²) in [5.41, 5.74) is 0. The molecule has 0 heterocycles. The first-order chi connectivity index (χ1) is 18.8. The zero-order chi connectivity index (χ0) is 27.5. The maximum absolute atomic E-state index is 9.10. The van der Waals surface area contributed by atoms with E-state index in [0.717, 1.165) is 36.5 Å². The molecule has 2 heteroatoms. The van der Waals surface area contributed by atoms with E-state index in [0.29, 0.717) is 13.2 Å². The molecule has 0 spiro atoms. The third-order valence-electron chi connectivity index (χ3n) is 9.87. The Morgan fingerprint density at radius 1 is 0.342 bits per heavy atom. The fourth-order valence-electron chi connectivity index (χ4n) is 7.43. The minimum Gasteiger partial charge on any atom is -0.396 e. The SMILES string of the molecule is CCCCCCCCC1CC(CCCCCCCO)C(CCCCCCCC)CC1CCCCCCCO. The van der Waals surface area contributed by atoms with Crippen molar-refractivity contribution in [1.29, 1.82) is 0 Å². The van der Waals surface area contributed by atoms with E-state index >= 15 is 0 Å². The molecule has 0 aromatic carbocycles. The van der Waals surface area contributed by atoms with Crippen LogP contribution in [0.3, 0.4) is 0 Å². The Morgan fingerprint density at radius 2 is 0.579 bits per heavy atom. The summed E-state index contributed by atoms with van der Waals surface area (Å²) in [6.45, 7) is 5.38. The number of aliphatic hydroxyl groups excluding tert-OH is 2. The molecule has 0 aromatic rings. The molecule has 1 saturated carbocycles. The molecule has 1 rings (SSSR count). The van der Waals surface area contributed by atoms with Crippen molar-refractivity contribution in [3.63, 3.8) is 0 Å². The van der Waals surface area contributed by atoms with Gasteiger partial charge in [-0.25, -0.2) is 0 Å². The maximum Gasteiger partial charge on any atom is 0.0431 e. The number of aliphatic hydroxyl groups is 2. The quantitative estimate of drug-likeness (QED) is 0.0976. The van der Waals surface area contributed by atoms with Crippen molar-refractivity contribution >= 4 is 0 Å². The van der Waals surface area contributed by atoms with Crippen LogP contribution in [0.4, 0.5) is 0 Å². The Balaban J connectivity index is 2.65. The van der Waals surface area contributed by atoms with Gasteiger partial charge in [0.15, 0.2) is 0 Å². The summed E-state index contributed by atoms with van der Waals surface area (Å²) in [5, 5.41) is 18.2. The van der Waals surface area contributed by atoms with E-state index in [1.807, 2.05) is 0 Å². The van der Waals surface area contributed by atoms with Gasteiger partial charge in [0, 0.05) is 13.2 Å². The molecule has 1 aliphatic rings. The van der Waals surface area contributed by atoms with Crippen LogP contribution in [0.2, 0.25) is 0 Å². The third kappa shape index (κ3) is 19.1. The predicted molar refractivity (Wildman–Crippen MR) is 169 cm³/mol. The van der Waals surface area contributed by atoms with Gasteiger partial charge in [0.05, 0.1) is 0 Å². The Kier molecular flexibility index (Phi) is 25.6. The highest BCUT2D eigenvalue weighted by molar-refractivity contribution is 4.86. The number of rotatable bonds is 28. The molecule has 4 atom stereocenters. The van der Waals surface area contributed by atoms with Crippen molar-refractivity contribution in [1.82, 2.24) is 0 Å². The molecule has 0 aliphatic heterocycles. The second kappa shape index (κ2) is 27.1. The molecule has 0 amide bonds. The van der Waals surface area contributed by atoms with E-state index in [1.54, 1.807) is 0 Å². The van der Waals surface area contributed by atoms with Crippen molar-refractivity contribution in [3.8, 4) is 0 Å². The fourth-order valence-corrected chi connectivity index (χ4v) is 7.43. The van der Waals surface area contributed by atoms with Crippen LogP contribution in [0.1, 0.15) is 194 Å². The summed E-state index contributed by atoms with van der Waals surface area (Å²) in [6.07, 6.45) is 38.8. The summed E-state index contributed by atoms with van der Waals surface area (Å²) < 4.78 is 0. The minimum absolute atomic E-state index is 0.367. The van der Waals surface area contributed by atoms with Crippen LogP contribution in [0.15, 0.2) is 0 Å². The molecule has 1 fully saturated rings. The van der Waals surface area contributed by atoms with Gasteiger partial charge < -0.3 is 10.2 Å². The molecular formula is C36H72O2. The average Bonchev–Trinajstić information content (AvgIpc) is 2.93. The summed E-state index contributed by atoms with van der Waals surface area (Å²) in [5.74, 6) is 3.93. The van der Waals surface area contributed by atoms with E-state index in [1.165, 1.54) is 167 Å². The lowest BCUT2D eigenvalue weighted by molar-refractivity contribution is 0.0813. The maximum atomic E-state index is 9.10. The minimum atomic E-state index is 0.367. The van der Waals surface area contributed by atoms with E-state index in [2.05, 4.69) is 13.8 Å². The highest BCUT2D eigenvalue weighted by Crippen LogP contribution is 2.46. The van der Waals surface area contributed by atoms with Crippen molar-refractivity contribution in [2.24, 2.45) is 23.7 Å². The molecule has 2 N–H and O–H groups in total. The van der Waals surface area contributed by atoms with Crippen LogP contribution in [0, 0.1) is 23.7 Å². The molecule has 1 aliphatic carbocycles. The molecule has 38 heavy (non-hydrogen) atoms. The largest absolute Gasteiger partial charge is 0.396 e. The van der Waals surface area contributed by atoms with Gasteiger partial charge in [0.25, 0.3) is 0 Å². The van der Waals surface area contributed by atoms with Crippen LogP contribution < -0.4 is 0 Å². The number of unbranched alkanes of at least 4 members (excludes halogenated alkanes) is 18. The first kappa shape index (κ1) is 35.9. The Labute approximate surface area is 240 Å². The third-order valence-corrected chi connectivity index (χ3v) is 9.87. The lowest BCUT2D eigenvalue weighted by atomic mass is 9.63. The first-order valence-corrected chi connectivity index (χ1v) is 18.0. The van der Waals surface area contributed by atoms with Crippen LogP contribution in [0.25, 0.3) is 0 Å². The molecule has 4 unspecified atom stereocenters. The zero-order valence-corrected chi connectivity index (χ0v) is 26.4. The van der Waals surface area contributed by atoms with E-state index in [4.69, 9.17) is 10.2 Å². The van der Waals surface area contributed by atoms with E-state index in [-0.39, 0.29) is 0 Å². The van der Waals surface area contributed by atoms with Crippen molar-refractivity contribution in [2.75, 3.05) is 13.2 Å². The molecule has 0 aromatic heterocycles. The fraction of sp³-hybridized carbons (Fsp3) is 1.00. The summed E-state index contributed by atoms with van der Waals surface area (Å²) >= 11 is 0. The van der Waals surface area contributed by atoms with Crippen molar-refractivity contribution < 1.29 is 10.2 Å². The first-order valence-electron chi connectivity index (χ1n) is 18.0. The molecule has 2 nitrogen and oxygen atoms in total. The Bertz CT molecular complexity index is 382. The highest BCUT2D eigenvalue weighted by Gasteiger charge is 2.35. The van der Waals surface area contributed by atoms with Gasteiger partial charge in [-0.15, -0.1) is 0 Å². The summed E-state index contributed by atoms with van der Waals surface area (Å²) in [6, 6.07) is 0. The molecule has 0 saturated heterocycles. The zero-order valence-electron chi connectivity index (χ0n) is 26.4. The lowest BCUT2D eigenvalue weighted by Gasteiger charge is -2.42. The Hall–Kier alpha value is -0.0800. The monoisotopic (exact) mass is 537 g/mol. The van der Waals surface area contributed by atoms with E-state index in [9.17, 15) is 0 Å². The average molecular weight is 537 g/mol. The van der Waals surface area contributed by atoms with Gasteiger partial charge in [-0.1, -0.05) is 168 Å². The van der Waals surface area contributed by atoms with Crippen molar-refractivity contribution in [2.45, 2.75) is 194 Å². The van der Waals surface area contributed by atoms with Gasteiger partial charge in [-0.05, 0) is 49.4 Å².